The largest absolute Gasteiger partial charge is 0.389 e. The third-order valence-electron chi connectivity index (χ3n) is 7.47. The van der Waals surface area contributed by atoms with Gasteiger partial charge in [0.2, 0.25) is 5.91 Å². The molecule has 7 heteroatoms. The van der Waals surface area contributed by atoms with Crippen LogP contribution < -0.4 is 10.6 Å². The van der Waals surface area contributed by atoms with E-state index in [9.17, 15) is 9.90 Å². The SMILES string of the molecule is COC1COCCC1NC1CCC(C(=O)N2CC3CC2CN3)(C(C)(C)O)C1. The standard InChI is InChI=1S/C20H35N3O4/c1-19(2,25)20(18(24)23-11-14-8-15(23)10-21-14)6-4-13(9-20)22-16-5-7-27-12-17(16)26-3/h13-17,21-22,25H,4-12H2,1-3H3. The Morgan fingerprint density at radius 3 is 2.85 bits per heavy atom. The van der Waals surface area contributed by atoms with E-state index in [1.54, 1.807) is 7.11 Å². The van der Waals surface area contributed by atoms with Gasteiger partial charge >= 0.3 is 0 Å². The molecular formula is C20H35N3O4. The summed E-state index contributed by atoms with van der Waals surface area (Å²) in [6.45, 7) is 6.64. The molecule has 0 aromatic heterocycles. The van der Waals surface area contributed by atoms with Crippen molar-refractivity contribution < 1.29 is 19.4 Å². The molecule has 4 rings (SSSR count). The summed E-state index contributed by atoms with van der Waals surface area (Å²) in [7, 11) is 1.73. The number of carbonyl (C=O) groups excluding carboxylic acids is 1. The van der Waals surface area contributed by atoms with Crippen LogP contribution in [-0.4, -0.2) is 85.2 Å². The van der Waals surface area contributed by atoms with E-state index in [-0.39, 0.29) is 24.1 Å². The lowest BCUT2D eigenvalue weighted by atomic mass is 9.70. The molecule has 27 heavy (non-hydrogen) atoms. The van der Waals surface area contributed by atoms with Crippen molar-refractivity contribution in [2.45, 2.75) is 81.8 Å². The Bertz CT molecular complexity index is 566. The van der Waals surface area contributed by atoms with E-state index in [0.717, 1.165) is 45.4 Å². The fourth-order valence-corrected chi connectivity index (χ4v) is 5.72. The number of nitrogens with one attached hydrogen (secondary N) is 2. The van der Waals surface area contributed by atoms with Gasteiger partial charge in [-0.1, -0.05) is 0 Å². The maximum atomic E-state index is 13.6. The molecular weight excluding hydrogens is 346 g/mol. The van der Waals surface area contributed by atoms with E-state index >= 15 is 0 Å². The second-order valence-corrected chi connectivity index (χ2v) is 9.44. The van der Waals surface area contributed by atoms with Crippen molar-refractivity contribution in [2.75, 3.05) is 33.4 Å². The van der Waals surface area contributed by atoms with Crippen molar-refractivity contribution in [3.05, 3.63) is 0 Å². The average molecular weight is 382 g/mol. The molecule has 3 aliphatic heterocycles. The second-order valence-electron chi connectivity index (χ2n) is 9.44. The van der Waals surface area contributed by atoms with Crippen LogP contribution in [-0.2, 0) is 14.3 Å². The van der Waals surface area contributed by atoms with Gasteiger partial charge in [-0.05, 0) is 46.0 Å². The van der Waals surface area contributed by atoms with Crippen LogP contribution in [0.15, 0.2) is 0 Å². The smallest absolute Gasteiger partial charge is 0.232 e. The topological polar surface area (TPSA) is 83.1 Å². The lowest BCUT2D eigenvalue weighted by Gasteiger charge is -2.44. The first-order valence-electron chi connectivity index (χ1n) is 10.5. The summed E-state index contributed by atoms with van der Waals surface area (Å²) in [5.74, 6) is 0.156. The number of ether oxygens (including phenoxy) is 2. The number of likely N-dealkylation sites (tertiary alicyclic amines) is 1. The number of amides is 1. The van der Waals surface area contributed by atoms with Crippen molar-refractivity contribution in [2.24, 2.45) is 5.41 Å². The first kappa shape index (κ1) is 19.6. The Hall–Kier alpha value is -0.730. The second kappa shape index (κ2) is 7.26. The number of methoxy groups -OCH3 is 1. The van der Waals surface area contributed by atoms with Crippen LogP contribution >= 0.6 is 0 Å². The minimum absolute atomic E-state index is 0.0481. The Labute approximate surface area is 162 Å². The average Bonchev–Trinajstić information content (AvgIpc) is 3.36. The lowest BCUT2D eigenvalue weighted by molar-refractivity contribution is -0.159. The highest BCUT2D eigenvalue weighted by Crippen LogP contribution is 2.49. The molecule has 3 N–H and O–H groups in total. The molecule has 7 nitrogen and oxygen atoms in total. The predicted octanol–water partition coefficient (Wildman–Crippen LogP) is 0.262. The normalized spacial score (nSPS) is 42.1. The quantitative estimate of drug-likeness (QED) is 0.634. The molecule has 4 aliphatic rings. The van der Waals surface area contributed by atoms with E-state index in [2.05, 4.69) is 10.6 Å². The maximum Gasteiger partial charge on any atom is 0.232 e. The van der Waals surface area contributed by atoms with Gasteiger partial charge in [0, 0.05) is 51.0 Å². The third-order valence-corrected chi connectivity index (χ3v) is 7.47. The van der Waals surface area contributed by atoms with Gasteiger partial charge in [0.1, 0.15) is 0 Å². The minimum Gasteiger partial charge on any atom is -0.389 e. The van der Waals surface area contributed by atoms with Crippen LogP contribution in [0.25, 0.3) is 0 Å². The molecule has 2 bridgehead atoms. The number of piperazine rings is 1. The van der Waals surface area contributed by atoms with E-state index < -0.39 is 11.0 Å². The highest BCUT2D eigenvalue weighted by Gasteiger charge is 2.58. The highest BCUT2D eigenvalue weighted by atomic mass is 16.5. The zero-order chi connectivity index (χ0) is 19.2. The van der Waals surface area contributed by atoms with E-state index in [4.69, 9.17) is 9.47 Å². The summed E-state index contributed by atoms with van der Waals surface area (Å²) >= 11 is 0. The molecule has 0 aromatic rings. The first-order chi connectivity index (χ1) is 12.8. The molecule has 6 unspecified atom stereocenters. The highest BCUT2D eigenvalue weighted by molar-refractivity contribution is 5.85. The molecule has 0 spiro atoms. The lowest BCUT2D eigenvalue weighted by Crippen LogP contribution is -2.58. The number of nitrogens with zero attached hydrogens (tertiary/aromatic N) is 1. The van der Waals surface area contributed by atoms with Gasteiger partial charge in [-0.25, -0.2) is 0 Å². The zero-order valence-electron chi connectivity index (χ0n) is 16.9. The number of fused-ring (bicyclic) bond motifs is 2. The van der Waals surface area contributed by atoms with Crippen LogP contribution in [0.3, 0.4) is 0 Å². The number of hydrogen-bond donors (Lipinski definition) is 3. The predicted molar refractivity (Wildman–Crippen MR) is 101 cm³/mol. The van der Waals surface area contributed by atoms with Crippen molar-refractivity contribution >= 4 is 5.91 Å². The minimum atomic E-state index is -1.04. The molecule has 1 amide bonds. The molecule has 154 valence electrons. The van der Waals surface area contributed by atoms with Gasteiger partial charge in [-0.3, -0.25) is 4.79 Å². The Morgan fingerprint density at radius 2 is 2.22 bits per heavy atom. The van der Waals surface area contributed by atoms with Crippen LogP contribution in [0.2, 0.25) is 0 Å². The Morgan fingerprint density at radius 1 is 1.41 bits per heavy atom. The van der Waals surface area contributed by atoms with Crippen molar-refractivity contribution in [3.63, 3.8) is 0 Å². The molecule has 0 aromatic carbocycles. The molecule has 1 aliphatic carbocycles. The number of aliphatic hydroxyl groups is 1. The molecule has 0 radical (unpaired) electrons. The van der Waals surface area contributed by atoms with Crippen LogP contribution in [0.5, 0.6) is 0 Å². The van der Waals surface area contributed by atoms with Crippen molar-refractivity contribution in [1.29, 1.82) is 0 Å². The molecule has 3 heterocycles. The van der Waals surface area contributed by atoms with Gasteiger partial charge in [-0.15, -0.1) is 0 Å². The Balaban J connectivity index is 1.48. The summed E-state index contributed by atoms with van der Waals surface area (Å²) in [5, 5.41) is 18.2. The number of hydrogen-bond acceptors (Lipinski definition) is 6. The zero-order valence-corrected chi connectivity index (χ0v) is 16.9. The van der Waals surface area contributed by atoms with E-state index in [1.807, 2.05) is 18.7 Å². The number of rotatable bonds is 5. The number of carbonyl (C=O) groups is 1. The fourth-order valence-electron chi connectivity index (χ4n) is 5.72. The van der Waals surface area contributed by atoms with Gasteiger partial charge in [-0.2, -0.15) is 0 Å². The van der Waals surface area contributed by atoms with Crippen LogP contribution in [0.1, 0.15) is 46.0 Å². The first-order valence-corrected chi connectivity index (χ1v) is 10.5. The van der Waals surface area contributed by atoms with Crippen LogP contribution in [0.4, 0.5) is 0 Å². The van der Waals surface area contributed by atoms with E-state index in [0.29, 0.717) is 25.1 Å². The van der Waals surface area contributed by atoms with E-state index in [1.165, 1.54) is 0 Å². The van der Waals surface area contributed by atoms with Crippen LogP contribution in [0, 0.1) is 5.41 Å². The monoisotopic (exact) mass is 381 g/mol. The molecule has 3 saturated heterocycles. The Kier molecular flexibility index (Phi) is 5.27. The third kappa shape index (κ3) is 3.42. The summed E-state index contributed by atoms with van der Waals surface area (Å²) in [6.07, 6.45) is 4.34. The van der Waals surface area contributed by atoms with Crippen molar-refractivity contribution in [1.82, 2.24) is 15.5 Å². The summed E-state index contributed by atoms with van der Waals surface area (Å²) < 4.78 is 11.1. The summed E-state index contributed by atoms with van der Waals surface area (Å²) in [5.41, 5.74) is -1.74. The van der Waals surface area contributed by atoms with Gasteiger partial charge in [0.15, 0.2) is 0 Å². The van der Waals surface area contributed by atoms with Gasteiger partial charge < -0.3 is 30.1 Å². The van der Waals surface area contributed by atoms with Gasteiger partial charge in [0.05, 0.1) is 23.7 Å². The molecule has 6 atom stereocenters. The van der Waals surface area contributed by atoms with Crippen molar-refractivity contribution in [3.8, 4) is 0 Å². The summed E-state index contributed by atoms with van der Waals surface area (Å²) in [6, 6.07) is 1.19. The fraction of sp³-hybridized carbons (Fsp3) is 0.950. The molecule has 4 fully saturated rings. The summed E-state index contributed by atoms with van der Waals surface area (Å²) in [4.78, 5) is 15.7. The van der Waals surface area contributed by atoms with Gasteiger partial charge in [0.25, 0.3) is 0 Å². The maximum absolute atomic E-state index is 13.6. The molecule has 1 saturated carbocycles.